The number of fused-ring (bicyclic) bond motifs is 1. The molecule has 0 aromatic carbocycles. The van der Waals surface area contributed by atoms with E-state index in [-0.39, 0.29) is 5.75 Å². The monoisotopic (exact) mass is 348 g/mol. The first-order valence-electron chi connectivity index (χ1n) is 7.81. The molecule has 1 N–H and O–H groups in total. The van der Waals surface area contributed by atoms with Crippen LogP contribution in [0.1, 0.15) is 44.9 Å². The molecule has 0 radical (unpaired) electrons. The van der Waals surface area contributed by atoms with E-state index in [1.54, 1.807) is 11.3 Å². The van der Waals surface area contributed by atoms with Crippen molar-refractivity contribution < 1.29 is 22.4 Å². The van der Waals surface area contributed by atoms with E-state index in [1.165, 1.54) is 0 Å². The Morgan fingerprint density at radius 2 is 1.55 bits per heavy atom. The van der Waals surface area contributed by atoms with Crippen molar-refractivity contribution in [3.63, 3.8) is 0 Å². The van der Waals surface area contributed by atoms with Crippen LogP contribution in [0.3, 0.4) is 0 Å². The van der Waals surface area contributed by atoms with Crippen LogP contribution < -0.4 is 9.47 Å². The average molecular weight is 348 g/mol. The van der Waals surface area contributed by atoms with Gasteiger partial charge >= 0.3 is 0 Å². The summed E-state index contributed by atoms with van der Waals surface area (Å²) < 4.78 is 41.2. The molecule has 22 heavy (non-hydrogen) atoms. The summed E-state index contributed by atoms with van der Waals surface area (Å²) in [7, 11) is -3.78. The summed E-state index contributed by atoms with van der Waals surface area (Å²) in [5.41, 5.74) is 0. The van der Waals surface area contributed by atoms with Gasteiger partial charge in [0.1, 0.15) is 0 Å². The van der Waals surface area contributed by atoms with Crippen LogP contribution in [0, 0.1) is 5.92 Å². The van der Waals surface area contributed by atoms with Gasteiger partial charge in [-0.2, -0.15) is 8.42 Å². The molecular weight excluding hydrogens is 324 g/mol. The van der Waals surface area contributed by atoms with Crippen molar-refractivity contribution in [3.05, 3.63) is 10.8 Å². The Morgan fingerprint density at radius 3 is 2.14 bits per heavy atom. The standard InChI is InChI=1S/C15H24O5S2/c16-22(17,18)8-6-4-2-1-3-5-7-13-9-19-14-11-21-12-15(14)20-10-13/h11-13H,1-10H2,(H,16,17,18). The van der Waals surface area contributed by atoms with E-state index in [2.05, 4.69) is 0 Å². The Kier molecular flexibility index (Phi) is 6.98. The van der Waals surface area contributed by atoms with E-state index in [1.807, 2.05) is 10.8 Å². The lowest BCUT2D eigenvalue weighted by atomic mass is 10.0. The molecule has 0 aliphatic carbocycles. The first-order valence-corrected chi connectivity index (χ1v) is 10.4. The van der Waals surface area contributed by atoms with Gasteiger partial charge in [0.15, 0.2) is 11.5 Å². The molecule has 2 heterocycles. The SMILES string of the molecule is O=S(=O)(O)CCCCCCCCC1COc2cscc2OC1. The van der Waals surface area contributed by atoms with Crippen molar-refractivity contribution in [1.82, 2.24) is 0 Å². The van der Waals surface area contributed by atoms with E-state index in [0.29, 0.717) is 12.3 Å². The molecule has 126 valence electrons. The van der Waals surface area contributed by atoms with Gasteiger partial charge in [-0.15, -0.1) is 11.3 Å². The zero-order valence-corrected chi connectivity index (χ0v) is 14.3. The smallest absolute Gasteiger partial charge is 0.264 e. The van der Waals surface area contributed by atoms with Gasteiger partial charge in [0, 0.05) is 16.7 Å². The first-order chi connectivity index (χ1) is 10.5. The third kappa shape index (κ3) is 6.54. The van der Waals surface area contributed by atoms with Crippen molar-refractivity contribution in [2.75, 3.05) is 19.0 Å². The molecule has 1 aliphatic rings. The largest absolute Gasteiger partial charge is 0.488 e. The fraction of sp³-hybridized carbons (Fsp3) is 0.733. The minimum Gasteiger partial charge on any atom is -0.488 e. The molecule has 2 rings (SSSR count). The molecule has 0 unspecified atom stereocenters. The number of thiophene rings is 1. The van der Waals surface area contributed by atoms with Crippen molar-refractivity contribution in [1.29, 1.82) is 0 Å². The lowest BCUT2D eigenvalue weighted by Crippen LogP contribution is -2.16. The maximum Gasteiger partial charge on any atom is 0.264 e. The quantitative estimate of drug-likeness (QED) is 0.543. The molecule has 1 aromatic heterocycles. The molecule has 0 atom stereocenters. The van der Waals surface area contributed by atoms with Gasteiger partial charge in [-0.3, -0.25) is 4.55 Å². The maximum atomic E-state index is 10.6. The summed E-state index contributed by atoms with van der Waals surface area (Å²) in [4.78, 5) is 0. The van der Waals surface area contributed by atoms with Crippen LogP contribution in [0.15, 0.2) is 10.8 Å². The highest BCUT2D eigenvalue weighted by atomic mass is 32.2. The summed E-state index contributed by atoms with van der Waals surface area (Å²) in [5, 5.41) is 3.95. The number of hydrogen-bond donors (Lipinski definition) is 1. The normalized spacial score (nSPS) is 15.7. The van der Waals surface area contributed by atoms with Crippen LogP contribution in [0.4, 0.5) is 0 Å². The molecular formula is C15H24O5S2. The summed E-state index contributed by atoms with van der Waals surface area (Å²) in [6.07, 6.45) is 6.91. The molecule has 1 aromatic rings. The summed E-state index contributed by atoms with van der Waals surface area (Å²) in [5.74, 6) is 2.06. The van der Waals surface area contributed by atoms with Gasteiger partial charge in [0.2, 0.25) is 0 Å². The molecule has 0 spiro atoms. The minimum atomic E-state index is -3.78. The number of unbranched alkanes of at least 4 members (excludes halogenated alkanes) is 5. The zero-order valence-electron chi connectivity index (χ0n) is 12.7. The Balaban J connectivity index is 1.48. The topological polar surface area (TPSA) is 72.8 Å². The molecule has 0 bridgehead atoms. The van der Waals surface area contributed by atoms with Crippen LogP contribution in [0.5, 0.6) is 11.5 Å². The Labute approximate surface area is 136 Å². The number of ether oxygens (including phenoxy) is 2. The second-order valence-electron chi connectivity index (χ2n) is 5.78. The van der Waals surface area contributed by atoms with Crippen LogP contribution in [-0.4, -0.2) is 31.9 Å². The molecule has 7 heteroatoms. The minimum absolute atomic E-state index is 0.117. The van der Waals surface area contributed by atoms with E-state index in [0.717, 1.165) is 63.2 Å². The maximum absolute atomic E-state index is 10.6. The van der Waals surface area contributed by atoms with Crippen LogP contribution >= 0.6 is 11.3 Å². The second-order valence-corrected chi connectivity index (χ2v) is 8.10. The highest BCUT2D eigenvalue weighted by Crippen LogP contribution is 2.34. The fourth-order valence-electron chi connectivity index (χ4n) is 2.54. The predicted molar refractivity (Wildman–Crippen MR) is 87.5 cm³/mol. The average Bonchev–Trinajstić information content (AvgIpc) is 2.82. The summed E-state index contributed by atoms with van der Waals surface area (Å²) in [6, 6.07) is 0. The highest BCUT2D eigenvalue weighted by molar-refractivity contribution is 7.85. The van der Waals surface area contributed by atoms with E-state index in [4.69, 9.17) is 14.0 Å². The van der Waals surface area contributed by atoms with Gasteiger partial charge in [-0.1, -0.05) is 32.1 Å². The van der Waals surface area contributed by atoms with Crippen molar-refractivity contribution in [3.8, 4) is 11.5 Å². The molecule has 1 aliphatic heterocycles. The third-order valence-electron chi connectivity index (χ3n) is 3.81. The lowest BCUT2D eigenvalue weighted by molar-refractivity contribution is 0.202. The molecule has 0 saturated carbocycles. The van der Waals surface area contributed by atoms with E-state index >= 15 is 0 Å². The van der Waals surface area contributed by atoms with Gasteiger partial charge in [-0.25, -0.2) is 0 Å². The van der Waals surface area contributed by atoms with E-state index in [9.17, 15) is 8.42 Å². The number of hydrogen-bond acceptors (Lipinski definition) is 5. The Morgan fingerprint density at radius 1 is 1.00 bits per heavy atom. The molecule has 5 nitrogen and oxygen atoms in total. The zero-order chi connectivity index (χ0) is 15.8. The summed E-state index contributed by atoms with van der Waals surface area (Å²) >= 11 is 1.59. The molecule has 0 fully saturated rings. The van der Waals surface area contributed by atoms with Gasteiger partial charge in [0.25, 0.3) is 10.1 Å². The van der Waals surface area contributed by atoms with Gasteiger partial charge < -0.3 is 9.47 Å². The molecule has 0 amide bonds. The third-order valence-corrected chi connectivity index (χ3v) is 5.31. The van der Waals surface area contributed by atoms with Crippen LogP contribution in [-0.2, 0) is 10.1 Å². The van der Waals surface area contributed by atoms with Gasteiger partial charge in [0.05, 0.1) is 19.0 Å². The number of rotatable bonds is 9. The van der Waals surface area contributed by atoms with Crippen molar-refractivity contribution >= 4 is 21.5 Å². The summed E-state index contributed by atoms with van der Waals surface area (Å²) in [6.45, 7) is 1.44. The Bertz CT molecular complexity index is 515. The van der Waals surface area contributed by atoms with Crippen LogP contribution in [0.2, 0.25) is 0 Å². The Hall–Kier alpha value is -0.790. The lowest BCUT2D eigenvalue weighted by Gasteiger charge is -2.13. The second kappa shape index (κ2) is 8.74. The van der Waals surface area contributed by atoms with Gasteiger partial charge in [-0.05, 0) is 12.8 Å². The van der Waals surface area contributed by atoms with Crippen molar-refractivity contribution in [2.24, 2.45) is 5.92 Å². The fourth-order valence-corrected chi connectivity index (χ4v) is 3.79. The van der Waals surface area contributed by atoms with Crippen LogP contribution in [0.25, 0.3) is 0 Å². The highest BCUT2D eigenvalue weighted by Gasteiger charge is 2.18. The molecule has 0 saturated heterocycles. The first kappa shape index (κ1) is 17.6. The predicted octanol–water partition coefficient (Wildman–Crippen LogP) is 3.75. The van der Waals surface area contributed by atoms with Crippen molar-refractivity contribution in [2.45, 2.75) is 44.9 Å². The van der Waals surface area contributed by atoms with E-state index < -0.39 is 10.1 Å².